The zero-order valence-electron chi connectivity index (χ0n) is 14.6. The number of pyridine rings is 1. The molecule has 26 heavy (non-hydrogen) atoms. The van der Waals surface area contributed by atoms with Crippen LogP contribution in [0.25, 0.3) is 0 Å². The largest absolute Gasteiger partial charge is 0.388 e. The number of carbonyl (C=O) groups excluding carboxylic acids is 1. The van der Waals surface area contributed by atoms with Crippen LogP contribution < -0.4 is 10.2 Å². The summed E-state index contributed by atoms with van der Waals surface area (Å²) in [4.78, 5) is 27.1. The highest BCUT2D eigenvalue weighted by molar-refractivity contribution is 5.79. The molecule has 2 fully saturated rings. The first kappa shape index (κ1) is 16.9. The van der Waals surface area contributed by atoms with Crippen molar-refractivity contribution in [3.63, 3.8) is 0 Å². The molecule has 3 heterocycles. The summed E-state index contributed by atoms with van der Waals surface area (Å²) in [5, 5.41) is 12.5. The lowest BCUT2D eigenvalue weighted by Gasteiger charge is -2.52. The maximum absolute atomic E-state index is 12.4. The second-order valence-corrected chi connectivity index (χ2v) is 7.26. The van der Waals surface area contributed by atoms with Crippen LogP contribution in [0.5, 0.6) is 0 Å². The highest BCUT2D eigenvalue weighted by Gasteiger charge is 2.52. The number of aromatic nitrogens is 3. The Morgan fingerprint density at radius 1 is 1.35 bits per heavy atom. The van der Waals surface area contributed by atoms with Gasteiger partial charge in [-0.3, -0.25) is 9.78 Å². The second kappa shape index (κ2) is 6.99. The fraction of sp³-hybridized carbons (Fsp3) is 0.474. The van der Waals surface area contributed by atoms with Gasteiger partial charge >= 0.3 is 0 Å². The van der Waals surface area contributed by atoms with Crippen LogP contribution in [0.4, 0.5) is 5.82 Å². The molecule has 7 heteroatoms. The molecule has 1 unspecified atom stereocenters. The number of aliphatic hydroxyl groups excluding tert-OH is 1. The molecule has 7 nitrogen and oxygen atoms in total. The molecule has 0 bridgehead atoms. The molecule has 1 aliphatic heterocycles. The van der Waals surface area contributed by atoms with Gasteiger partial charge in [-0.25, -0.2) is 9.97 Å². The minimum absolute atomic E-state index is 0.0623. The number of rotatable bonds is 5. The lowest BCUT2D eigenvalue weighted by Crippen LogP contribution is -2.64. The SMILES string of the molecule is O=C(Cc1cccnc1)NC1CCCC12CN(c1ccnc(CO)n1)C2. The van der Waals surface area contributed by atoms with Crippen molar-refractivity contribution in [2.75, 3.05) is 18.0 Å². The molecular formula is C19H23N5O2. The summed E-state index contributed by atoms with van der Waals surface area (Å²) in [6.45, 7) is 1.61. The number of carbonyl (C=O) groups is 1. The summed E-state index contributed by atoms with van der Waals surface area (Å²) >= 11 is 0. The van der Waals surface area contributed by atoms with Gasteiger partial charge in [0.15, 0.2) is 5.82 Å². The Balaban J connectivity index is 1.37. The van der Waals surface area contributed by atoms with Gasteiger partial charge in [0.2, 0.25) is 5.91 Å². The van der Waals surface area contributed by atoms with Crippen molar-refractivity contribution in [1.82, 2.24) is 20.3 Å². The smallest absolute Gasteiger partial charge is 0.224 e. The Morgan fingerprint density at radius 2 is 2.23 bits per heavy atom. The number of hydrogen-bond acceptors (Lipinski definition) is 6. The van der Waals surface area contributed by atoms with Crippen molar-refractivity contribution in [2.24, 2.45) is 5.41 Å². The van der Waals surface area contributed by atoms with Crippen LogP contribution in [-0.2, 0) is 17.8 Å². The van der Waals surface area contributed by atoms with E-state index in [1.165, 1.54) is 0 Å². The maximum atomic E-state index is 12.4. The van der Waals surface area contributed by atoms with E-state index >= 15 is 0 Å². The summed E-state index contributed by atoms with van der Waals surface area (Å²) in [7, 11) is 0. The van der Waals surface area contributed by atoms with E-state index in [9.17, 15) is 9.90 Å². The minimum Gasteiger partial charge on any atom is -0.388 e. The van der Waals surface area contributed by atoms with Crippen LogP contribution in [0.2, 0.25) is 0 Å². The van der Waals surface area contributed by atoms with E-state index in [0.29, 0.717) is 12.2 Å². The molecule has 1 amide bonds. The normalized spacial score (nSPS) is 20.8. The number of hydrogen-bond donors (Lipinski definition) is 2. The quantitative estimate of drug-likeness (QED) is 0.836. The predicted molar refractivity (Wildman–Crippen MR) is 96.3 cm³/mol. The average Bonchev–Trinajstić information content (AvgIpc) is 3.04. The third-order valence-electron chi connectivity index (χ3n) is 5.50. The number of nitrogens with one attached hydrogen (secondary N) is 1. The van der Waals surface area contributed by atoms with Crippen molar-refractivity contribution >= 4 is 11.7 Å². The van der Waals surface area contributed by atoms with Gasteiger partial charge < -0.3 is 15.3 Å². The van der Waals surface area contributed by atoms with Crippen molar-refractivity contribution in [3.05, 3.63) is 48.2 Å². The van der Waals surface area contributed by atoms with Crippen LogP contribution in [0.1, 0.15) is 30.7 Å². The van der Waals surface area contributed by atoms with Gasteiger partial charge in [-0.05, 0) is 30.5 Å². The van der Waals surface area contributed by atoms with Crippen molar-refractivity contribution in [1.29, 1.82) is 0 Å². The van der Waals surface area contributed by atoms with E-state index in [1.807, 2.05) is 18.2 Å². The first-order chi connectivity index (χ1) is 12.7. The molecule has 1 saturated heterocycles. The molecule has 1 atom stereocenters. The van der Waals surface area contributed by atoms with E-state index in [1.54, 1.807) is 18.6 Å². The number of anilines is 1. The molecular weight excluding hydrogens is 330 g/mol. The minimum atomic E-state index is -0.153. The van der Waals surface area contributed by atoms with Gasteiger partial charge in [0, 0.05) is 43.1 Å². The molecule has 1 spiro atoms. The summed E-state index contributed by atoms with van der Waals surface area (Å²) in [6, 6.07) is 5.86. The Labute approximate surface area is 152 Å². The summed E-state index contributed by atoms with van der Waals surface area (Å²) in [5.41, 5.74) is 1.07. The Kier molecular flexibility index (Phi) is 4.55. The van der Waals surface area contributed by atoms with Gasteiger partial charge in [0.05, 0.1) is 6.42 Å². The molecule has 0 aromatic carbocycles. The first-order valence-electron chi connectivity index (χ1n) is 9.04. The van der Waals surface area contributed by atoms with E-state index in [2.05, 4.69) is 25.2 Å². The van der Waals surface area contributed by atoms with Crippen molar-refractivity contribution in [3.8, 4) is 0 Å². The lowest BCUT2D eigenvalue weighted by molar-refractivity contribution is -0.122. The highest BCUT2D eigenvalue weighted by atomic mass is 16.3. The third kappa shape index (κ3) is 3.26. The van der Waals surface area contributed by atoms with E-state index in [4.69, 9.17) is 0 Å². The monoisotopic (exact) mass is 353 g/mol. The summed E-state index contributed by atoms with van der Waals surface area (Å²) < 4.78 is 0. The summed E-state index contributed by atoms with van der Waals surface area (Å²) in [6.07, 6.45) is 8.79. The predicted octanol–water partition coefficient (Wildman–Crippen LogP) is 1.08. The first-order valence-corrected chi connectivity index (χ1v) is 9.04. The van der Waals surface area contributed by atoms with Gasteiger partial charge in [-0.15, -0.1) is 0 Å². The van der Waals surface area contributed by atoms with Crippen molar-refractivity contribution < 1.29 is 9.90 Å². The van der Waals surface area contributed by atoms with Gasteiger partial charge in [0.25, 0.3) is 0 Å². The molecule has 136 valence electrons. The molecule has 2 N–H and O–H groups in total. The number of aliphatic hydroxyl groups is 1. The van der Waals surface area contributed by atoms with E-state index < -0.39 is 0 Å². The topological polar surface area (TPSA) is 91.2 Å². The Hall–Kier alpha value is -2.54. The highest BCUT2D eigenvalue weighted by Crippen LogP contribution is 2.46. The second-order valence-electron chi connectivity index (χ2n) is 7.26. The van der Waals surface area contributed by atoms with Crippen LogP contribution in [-0.4, -0.2) is 45.1 Å². The lowest BCUT2D eigenvalue weighted by atomic mass is 9.75. The Bertz CT molecular complexity index is 777. The van der Waals surface area contributed by atoms with Gasteiger partial charge in [-0.1, -0.05) is 12.5 Å². The molecule has 2 aromatic rings. The molecule has 2 aromatic heterocycles. The fourth-order valence-electron chi connectivity index (χ4n) is 4.19. The molecule has 1 aliphatic carbocycles. The standard InChI is InChI=1S/C19H23N5O2/c25-11-16-21-8-5-17(23-16)24-12-19(13-24)6-1-4-15(19)22-18(26)9-14-3-2-7-20-10-14/h2-3,5,7-8,10,15,25H,1,4,6,9,11-13H2,(H,22,26). The number of nitrogens with zero attached hydrogens (tertiary/aromatic N) is 4. The van der Waals surface area contributed by atoms with E-state index in [0.717, 1.165) is 43.7 Å². The van der Waals surface area contributed by atoms with Crippen LogP contribution in [0.3, 0.4) is 0 Å². The number of amides is 1. The molecule has 0 radical (unpaired) electrons. The van der Waals surface area contributed by atoms with Gasteiger partial charge in [0.1, 0.15) is 12.4 Å². The molecule has 2 aliphatic rings. The third-order valence-corrected chi connectivity index (χ3v) is 5.50. The average molecular weight is 353 g/mol. The zero-order valence-corrected chi connectivity index (χ0v) is 14.6. The van der Waals surface area contributed by atoms with Crippen LogP contribution >= 0.6 is 0 Å². The van der Waals surface area contributed by atoms with Crippen molar-refractivity contribution in [2.45, 2.75) is 38.3 Å². The van der Waals surface area contributed by atoms with Gasteiger partial charge in [-0.2, -0.15) is 0 Å². The molecule has 1 saturated carbocycles. The zero-order chi connectivity index (χ0) is 18.0. The van der Waals surface area contributed by atoms with Crippen LogP contribution in [0.15, 0.2) is 36.8 Å². The van der Waals surface area contributed by atoms with Crippen LogP contribution in [0, 0.1) is 5.41 Å². The maximum Gasteiger partial charge on any atom is 0.224 e. The van der Waals surface area contributed by atoms with E-state index in [-0.39, 0.29) is 24.0 Å². The fourth-order valence-corrected chi connectivity index (χ4v) is 4.19. The Morgan fingerprint density at radius 3 is 3.00 bits per heavy atom. The molecule has 4 rings (SSSR count). The summed E-state index contributed by atoms with van der Waals surface area (Å²) in [5.74, 6) is 1.35.